The van der Waals surface area contributed by atoms with Crippen LogP contribution in [0.25, 0.3) is 17.0 Å². The molecule has 3 aromatic rings. The van der Waals surface area contributed by atoms with Crippen molar-refractivity contribution in [2.75, 3.05) is 0 Å². The maximum Gasteiger partial charge on any atom is 0.168 e. The van der Waals surface area contributed by atoms with E-state index in [9.17, 15) is 4.39 Å². The first-order chi connectivity index (χ1) is 8.79. The first kappa shape index (κ1) is 10.9. The summed E-state index contributed by atoms with van der Waals surface area (Å²) in [6.07, 6.45) is 1.87. The van der Waals surface area contributed by atoms with E-state index in [2.05, 4.69) is 10.2 Å². The summed E-state index contributed by atoms with van der Waals surface area (Å²) in [4.78, 5) is 0. The lowest BCUT2D eigenvalue weighted by Crippen LogP contribution is -2.00. The number of nitrogens with zero attached hydrogens (tertiary/aromatic N) is 3. The molecule has 0 aliphatic heterocycles. The van der Waals surface area contributed by atoms with Crippen molar-refractivity contribution in [2.45, 2.75) is 6.54 Å². The van der Waals surface area contributed by atoms with Gasteiger partial charge in [0.15, 0.2) is 11.5 Å². The topological polar surface area (TPSA) is 56.2 Å². The van der Waals surface area contributed by atoms with Gasteiger partial charge in [0.1, 0.15) is 5.82 Å². The summed E-state index contributed by atoms with van der Waals surface area (Å²) in [6, 6.07) is 9.98. The minimum atomic E-state index is -0.268. The van der Waals surface area contributed by atoms with Crippen molar-refractivity contribution in [1.82, 2.24) is 14.6 Å². The third-order valence-electron chi connectivity index (χ3n) is 2.84. The zero-order chi connectivity index (χ0) is 12.5. The van der Waals surface area contributed by atoms with Crippen LogP contribution in [0.15, 0.2) is 42.6 Å². The molecule has 2 aromatic heterocycles. The molecule has 0 aliphatic carbocycles. The lowest BCUT2D eigenvalue weighted by molar-refractivity contribution is 0.628. The van der Waals surface area contributed by atoms with Gasteiger partial charge in [0.2, 0.25) is 0 Å². The van der Waals surface area contributed by atoms with Gasteiger partial charge in [-0.3, -0.25) is 4.40 Å². The van der Waals surface area contributed by atoms with E-state index >= 15 is 0 Å². The average Bonchev–Trinajstić information content (AvgIpc) is 2.83. The van der Waals surface area contributed by atoms with Crippen LogP contribution in [0, 0.1) is 5.82 Å². The molecule has 0 radical (unpaired) electrons. The number of pyridine rings is 1. The maximum atomic E-state index is 12.9. The summed E-state index contributed by atoms with van der Waals surface area (Å²) in [7, 11) is 0. The average molecular weight is 242 g/mol. The summed E-state index contributed by atoms with van der Waals surface area (Å²) in [5.74, 6) is 0.413. The molecule has 3 rings (SSSR count). The molecule has 18 heavy (non-hydrogen) atoms. The van der Waals surface area contributed by atoms with E-state index in [4.69, 9.17) is 5.73 Å². The minimum absolute atomic E-state index is 0.268. The van der Waals surface area contributed by atoms with Gasteiger partial charge in [0.25, 0.3) is 0 Å². The molecule has 0 bridgehead atoms. The molecule has 0 amide bonds. The largest absolute Gasteiger partial charge is 0.326 e. The Kier molecular flexibility index (Phi) is 2.53. The Morgan fingerprint density at radius 1 is 1.11 bits per heavy atom. The number of halogens is 1. The zero-order valence-electron chi connectivity index (χ0n) is 9.55. The Bertz CT molecular complexity index is 688. The highest BCUT2D eigenvalue weighted by atomic mass is 19.1. The number of fused-ring (bicyclic) bond motifs is 1. The number of nitrogens with two attached hydrogens (primary N) is 1. The lowest BCUT2D eigenvalue weighted by atomic mass is 10.2. The molecule has 2 N–H and O–H groups in total. The van der Waals surface area contributed by atoms with Crippen molar-refractivity contribution in [3.8, 4) is 11.4 Å². The fraction of sp³-hybridized carbons (Fsp3) is 0.0769. The first-order valence-electron chi connectivity index (χ1n) is 5.58. The Morgan fingerprint density at radius 3 is 2.61 bits per heavy atom. The van der Waals surface area contributed by atoms with Gasteiger partial charge < -0.3 is 5.73 Å². The molecule has 0 saturated carbocycles. The van der Waals surface area contributed by atoms with E-state index < -0.39 is 0 Å². The third kappa shape index (κ3) is 1.65. The predicted molar refractivity (Wildman–Crippen MR) is 66.3 cm³/mol. The van der Waals surface area contributed by atoms with Gasteiger partial charge >= 0.3 is 0 Å². The van der Waals surface area contributed by atoms with Gasteiger partial charge in [0, 0.05) is 23.9 Å². The molecule has 5 heteroatoms. The lowest BCUT2D eigenvalue weighted by Gasteiger charge is -2.02. The highest BCUT2D eigenvalue weighted by Crippen LogP contribution is 2.20. The fourth-order valence-electron chi connectivity index (χ4n) is 1.93. The quantitative estimate of drug-likeness (QED) is 0.747. The van der Waals surface area contributed by atoms with Crippen LogP contribution in [0.1, 0.15) is 5.56 Å². The van der Waals surface area contributed by atoms with Gasteiger partial charge in [0.05, 0.1) is 0 Å². The Labute approximate surface area is 103 Å². The summed E-state index contributed by atoms with van der Waals surface area (Å²) < 4.78 is 14.8. The van der Waals surface area contributed by atoms with E-state index in [1.54, 1.807) is 12.1 Å². The van der Waals surface area contributed by atoms with Crippen molar-refractivity contribution in [3.63, 3.8) is 0 Å². The van der Waals surface area contributed by atoms with E-state index in [1.807, 2.05) is 22.7 Å². The van der Waals surface area contributed by atoms with Crippen molar-refractivity contribution >= 4 is 5.65 Å². The van der Waals surface area contributed by atoms with Gasteiger partial charge in [-0.2, -0.15) is 0 Å². The van der Waals surface area contributed by atoms with Crippen LogP contribution in [0.4, 0.5) is 4.39 Å². The van der Waals surface area contributed by atoms with Crippen LogP contribution in [-0.2, 0) is 6.54 Å². The number of hydrogen-bond acceptors (Lipinski definition) is 3. The van der Waals surface area contributed by atoms with Crippen molar-refractivity contribution < 1.29 is 4.39 Å². The predicted octanol–water partition coefficient (Wildman–Crippen LogP) is 1.99. The van der Waals surface area contributed by atoms with Crippen LogP contribution >= 0.6 is 0 Å². The molecule has 0 aliphatic rings. The van der Waals surface area contributed by atoms with Crippen molar-refractivity contribution in [2.24, 2.45) is 5.73 Å². The Balaban J connectivity index is 2.21. The number of benzene rings is 1. The van der Waals surface area contributed by atoms with Crippen LogP contribution in [0.2, 0.25) is 0 Å². The normalized spacial score (nSPS) is 11.0. The number of rotatable bonds is 2. The fourth-order valence-corrected chi connectivity index (χ4v) is 1.93. The molecular formula is C13H11FN4. The van der Waals surface area contributed by atoms with Gasteiger partial charge in [-0.05, 0) is 30.3 Å². The number of hydrogen-bond donors (Lipinski definition) is 1. The molecule has 1 aromatic carbocycles. The maximum absolute atomic E-state index is 12.9. The zero-order valence-corrected chi connectivity index (χ0v) is 9.55. The third-order valence-corrected chi connectivity index (χ3v) is 2.84. The van der Waals surface area contributed by atoms with Gasteiger partial charge in [-0.25, -0.2) is 4.39 Å². The summed E-state index contributed by atoms with van der Waals surface area (Å²) in [6.45, 7) is 0.409. The minimum Gasteiger partial charge on any atom is -0.326 e. The second-order valence-electron chi connectivity index (χ2n) is 3.96. The monoisotopic (exact) mass is 242 g/mol. The molecule has 0 unspecified atom stereocenters. The molecule has 4 nitrogen and oxygen atoms in total. The van der Waals surface area contributed by atoms with Gasteiger partial charge in [-0.1, -0.05) is 6.07 Å². The molecule has 90 valence electrons. The van der Waals surface area contributed by atoms with Gasteiger partial charge in [-0.15, -0.1) is 10.2 Å². The summed E-state index contributed by atoms with van der Waals surface area (Å²) in [5.41, 5.74) is 8.14. The molecule has 0 fully saturated rings. The standard InChI is InChI=1S/C13H11FN4/c14-11-5-3-9(4-6-11)12-16-17-13-10(8-15)2-1-7-18(12)13/h1-7H,8,15H2. The van der Waals surface area contributed by atoms with Crippen molar-refractivity contribution in [3.05, 3.63) is 54.0 Å². The SMILES string of the molecule is NCc1cccn2c(-c3ccc(F)cc3)nnc12. The summed E-state index contributed by atoms with van der Waals surface area (Å²) >= 11 is 0. The summed E-state index contributed by atoms with van der Waals surface area (Å²) in [5, 5.41) is 8.27. The first-order valence-corrected chi connectivity index (χ1v) is 5.58. The van der Waals surface area contributed by atoms with Crippen LogP contribution in [0.5, 0.6) is 0 Å². The van der Waals surface area contributed by atoms with E-state index in [1.165, 1.54) is 12.1 Å². The van der Waals surface area contributed by atoms with E-state index in [0.29, 0.717) is 12.4 Å². The molecule has 0 atom stereocenters. The smallest absolute Gasteiger partial charge is 0.168 e. The molecular weight excluding hydrogens is 231 g/mol. The Hall–Kier alpha value is -2.27. The molecule has 0 saturated heterocycles. The van der Waals surface area contributed by atoms with E-state index in [-0.39, 0.29) is 5.82 Å². The van der Waals surface area contributed by atoms with Crippen LogP contribution in [0.3, 0.4) is 0 Å². The Morgan fingerprint density at radius 2 is 1.89 bits per heavy atom. The van der Waals surface area contributed by atoms with Crippen molar-refractivity contribution in [1.29, 1.82) is 0 Å². The van der Waals surface area contributed by atoms with E-state index in [0.717, 1.165) is 16.8 Å². The molecule has 2 heterocycles. The van der Waals surface area contributed by atoms with Crippen LogP contribution in [-0.4, -0.2) is 14.6 Å². The molecule has 0 spiro atoms. The highest BCUT2D eigenvalue weighted by molar-refractivity contribution is 5.61. The second-order valence-corrected chi connectivity index (χ2v) is 3.96. The second kappa shape index (κ2) is 4.19. The number of aromatic nitrogens is 3. The highest BCUT2D eigenvalue weighted by Gasteiger charge is 2.09. The van der Waals surface area contributed by atoms with Crippen LogP contribution < -0.4 is 5.73 Å².